The van der Waals surface area contributed by atoms with E-state index in [9.17, 15) is 8.78 Å². The van der Waals surface area contributed by atoms with Crippen LogP contribution < -0.4 is 20.1 Å². The quantitative estimate of drug-likeness (QED) is 0.242. The van der Waals surface area contributed by atoms with Crippen LogP contribution >= 0.6 is 24.0 Å². The first-order chi connectivity index (χ1) is 15.0. The zero-order valence-electron chi connectivity index (χ0n) is 18.0. The number of alkyl halides is 2. The Bertz CT molecular complexity index is 1020. The largest absolute Gasteiger partial charge is 0.497 e. The number of methoxy groups -OCH3 is 1. The normalized spacial score (nSPS) is 12.1. The SMILES string of the molecule is CN=C(NCc1ccc(OC)cc1OC(F)F)NC(C)c1cccc(-n2cccn2)c1.I. The fourth-order valence-electron chi connectivity index (χ4n) is 3.03. The summed E-state index contributed by atoms with van der Waals surface area (Å²) < 4.78 is 37.0. The van der Waals surface area contributed by atoms with E-state index in [1.165, 1.54) is 13.2 Å². The number of nitrogens with zero attached hydrogens (tertiary/aromatic N) is 3. The van der Waals surface area contributed by atoms with Crippen LogP contribution in [-0.4, -0.2) is 36.5 Å². The van der Waals surface area contributed by atoms with Gasteiger partial charge in [-0.25, -0.2) is 4.68 Å². The highest BCUT2D eigenvalue weighted by molar-refractivity contribution is 14.0. The van der Waals surface area contributed by atoms with Crippen LogP contribution in [0.3, 0.4) is 0 Å². The van der Waals surface area contributed by atoms with Crippen molar-refractivity contribution in [3.63, 3.8) is 0 Å². The zero-order valence-corrected chi connectivity index (χ0v) is 20.3. The topological polar surface area (TPSA) is 72.7 Å². The van der Waals surface area contributed by atoms with Gasteiger partial charge in [-0.05, 0) is 42.8 Å². The van der Waals surface area contributed by atoms with Crippen molar-refractivity contribution in [2.45, 2.75) is 26.1 Å². The zero-order chi connectivity index (χ0) is 22.2. The second-order valence-corrected chi connectivity index (χ2v) is 6.69. The second kappa shape index (κ2) is 12.2. The molecule has 2 aromatic carbocycles. The highest BCUT2D eigenvalue weighted by Crippen LogP contribution is 2.26. The van der Waals surface area contributed by atoms with Crippen molar-refractivity contribution < 1.29 is 18.3 Å². The Hall–Kier alpha value is -2.89. The van der Waals surface area contributed by atoms with Gasteiger partial charge in [-0.15, -0.1) is 24.0 Å². The number of rotatable bonds is 8. The molecule has 1 aromatic heterocycles. The number of halogens is 3. The van der Waals surface area contributed by atoms with E-state index in [2.05, 4.69) is 25.5 Å². The van der Waals surface area contributed by atoms with Crippen LogP contribution in [0.15, 0.2) is 65.9 Å². The summed E-state index contributed by atoms with van der Waals surface area (Å²) >= 11 is 0. The van der Waals surface area contributed by atoms with Crippen LogP contribution in [0.2, 0.25) is 0 Å². The minimum atomic E-state index is -2.93. The summed E-state index contributed by atoms with van der Waals surface area (Å²) in [5, 5.41) is 10.7. The van der Waals surface area contributed by atoms with Gasteiger partial charge in [0.05, 0.1) is 18.8 Å². The van der Waals surface area contributed by atoms with E-state index in [0.29, 0.717) is 17.3 Å². The molecule has 32 heavy (non-hydrogen) atoms. The maximum atomic E-state index is 12.8. The smallest absolute Gasteiger partial charge is 0.387 e. The van der Waals surface area contributed by atoms with Gasteiger partial charge in [0.15, 0.2) is 5.96 Å². The van der Waals surface area contributed by atoms with E-state index in [1.807, 2.05) is 43.5 Å². The molecule has 10 heteroatoms. The van der Waals surface area contributed by atoms with Gasteiger partial charge in [0.1, 0.15) is 11.5 Å². The molecule has 0 aliphatic heterocycles. The van der Waals surface area contributed by atoms with Crippen molar-refractivity contribution in [2.24, 2.45) is 4.99 Å². The van der Waals surface area contributed by atoms with E-state index in [-0.39, 0.29) is 42.3 Å². The average molecular weight is 557 g/mol. The van der Waals surface area contributed by atoms with E-state index < -0.39 is 6.61 Å². The van der Waals surface area contributed by atoms with Gasteiger partial charge in [0.2, 0.25) is 0 Å². The molecular weight excluding hydrogens is 531 g/mol. The summed E-state index contributed by atoms with van der Waals surface area (Å²) in [7, 11) is 3.11. The lowest BCUT2D eigenvalue weighted by atomic mass is 10.1. The van der Waals surface area contributed by atoms with Gasteiger partial charge in [-0.3, -0.25) is 4.99 Å². The van der Waals surface area contributed by atoms with Crippen LogP contribution in [-0.2, 0) is 6.54 Å². The lowest BCUT2D eigenvalue weighted by molar-refractivity contribution is -0.0505. The number of hydrogen-bond donors (Lipinski definition) is 2. The standard InChI is InChI=1S/C22H25F2N5O2.HI/c1-15(16-6-4-7-18(12-16)29-11-5-10-27-29)28-22(25-2)26-14-17-8-9-19(30-3)13-20(17)31-21(23)24;/h4-13,15,21H,14H2,1-3H3,(H2,25,26,28);1H. The van der Waals surface area contributed by atoms with Gasteiger partial charge in [-0.2, -0.15) is 13.9 Å². The minimum absolute atomic E-state index is 0. The monoisotopic (exact) mass is 557 g/mol. The summed E-state index contributed by atoms with van der Waals surface area (Å²) in [5.41, 5.74) is 2.55. The summed E-state index contributed by atoms with van der Waals surface area (Å²) in [6, 6.07) is 14.6. The van der Waals surface area contributed by atoms with Gasteiger partial charge >= 0.3 is 6.61 Å². The molecule has 0 saturated carbocycles. The Labute approximate surface area is 202 Å². The third kappa shape index (κ3) is 6.81. The highest BCUT2D eigenvalue weighted by atomic mass is 127. The van der Waals surface area contributed by atoms with Crippen LogP contribution in [0, 0.1) is 0 Å². The molecule has 1 atom stereocenters. The fourth-order valence-corrected chi connectivity index (χ4v) is 3.03. The first kappa shape index (κ1) is 25.4. The molecule has 0 fully saturated rings. The molecule has 0 radical (unpaired) electrons. The van der Waals surface area contributed by atoms with Crippen molar-refractivity contribution in [3.8, 4) is 17.2 Å². The molecule has 3 rings (SSSR count). The first-order valence-corrected chi connectivity index (χ1v) is 9.69. The molecule has 1 unspecified atom stereocenters. The Morgan fingerprint density at radius 1 is 1.19 bits per heavy atom. The lowest BCUT2D eigenvalue weighted by Gasteiger charge is -2.20. The van der Waals surface area contributed by atoms with Crippen LogP contribution in [0.5, 0.6) is 11.5 Å². The van der Waals surface area contributed by atoms with Crippen molar-refractivity contribution >= 4 is 29.9 Å². The third-order valence-electron chi connectivity index (χ3n) is 4.65. The highest BCUT2D eigenvalue weighted by Gasteiger charge is 2.13. The summed E-state index contributed by atoms with van der Waals surface area (Å²) in [6.07, 6.45) is 3.61. The third-order valence-corrected chi connectivity index (χ3v) is 4.65. The molecular formula is C22H26F2IN5O2. The average Bonchev–Trinajstić information content (AvgIpc) is 3.31. The molecule has 0 saturated heterocycles. The Kier molecular flexibility index (Phi) is 9.69. The lowest BCUT2D eigenvalue weighted by Crippen LogP contribution is -2.38. The number of hydrogen-bond acceptors (Lipinski definition) is 4. The number of nitrogens with one attached hydrogen (secondary N) is 2. The molecule has 1 heterocycles. The molecule has 3 aromatic rings. The first-order valence-electron chi connectivity index (χ1n) is 9.69. The summed E-state index contributed by atoms with van der Waals surface area (Å²) in [5.74, 6) is 1.01. The van der Waals surface area contributed by atoms with Crippen LogP contribution in [0.4, 0.5) is 8.78 Å². The van der Waals surface area contributed by atoms with Crippen molar-refractivity contribution in [1.82, 2.24) is 20.4 Å². The fraction of sp³-hybridized carbons (Fsp3) is 0.273. The molecule has 172 valence electrons. The van der Waals surface area contributed by atoms with Crippen molar-refractivity contribution in [1.29, 1.82) is 0 Å². The summed E-state index contributed by atoms with van der Waals surface area (Å²) in [6.45, 7) is -0.676. The number of aromatic nitrogens is 2. The van der Waals surface area contributed by atoms with Crippen molar-refractivity contribution in [2.75, 3.05) is 14.2 Å². The van der Waals surface area contributed by atoms with E-state index in [4.69, 9.17) is 4.74 Å². The molecule has 0 aliphatic carbocycles. The Morgan fingerprint density at radius 3 is 2.66 bits per heavy atom. The molecule has 0 amide bonds. The van der Waals surface area contributed by atoms with Gasteiger partial charge < -0.3 is 20.1 Å². The number of aliphatic imine (C=N–C) groups is 1. The Balaban J connectivity index is 0.00000363. The van der Waals surface area contributed by atoms with Gasteiger partial charge in [-0.1, -0.05) is 12.1 Å². The van der Waals surface area contributed by atoms with Gasteiger partial charge in [0.25, 0.3) is 0 Å². The molecule has 0 spiro atoms. The Morgan fingerprint density at radius 2 is 2.00 bits per heavy atom. The maximum Gasteiger partial charge on any atom is 0.387 e. The molecule has 0 bridgehead atoms. The van der Waals surface area contributed by atoms with E-state index in [0.717, 1.165) is 11.3 Å². The molecule has 7 nitrogen and oxygen atoms in total. The minimum Gasteiger partial charge on any atom is -0.497 e. The van der Waals surface area contributed by atoms with E-state index >= 15 is 0 Å². The predicted molar refractivity (Wildman–Crippen MR) is 130 cm³/mol. The number of guanidine groups is 1. The second-order valence-electron chi connectivity index (χ2n) is 6.69. The van der Waals surface area contributed by atoms with E-state index in [1.54, 1.807) is 30.1 Å². The number of ether oxygens (including phenoxy) is 2. The summed E-state index contributed by atoms with van der Waals surface area (Å²) in [4.78, 5) is 4.23. The van der Waals surface area contributed by atoms with Crippen molar-refractivity contribution in [3.05, 3.63) is 72.1 Å². The molecule has 0 aliphatic rings. The van der Waals surface area contributed by atoms with Crippen LogP contribution in [0.1, 0.15) is 24.1 Å². The molecule has 2 N–H and O–H groups in total. The predicted octanol–water partition coefficient (Wildman–Crippen LogP) is 4.53. The number of benzene rings is 2. The van der Waals surface area contributed by atoms with Crippen LogP contribution in [0.25, 0.3) is 5.69 Å². The maximum absolute atomic E-state index is 12.8. The van der Waals surface area contributed by atoms with Gasteiger partial charge in [0, 0.05) is 37.6 Å².